The van der Waals surface area contributed by atoms with E-state index in [0.717, 1.165) is 12.8 Å². The maximum atomic E-state index is 11.5. The van der Waals surface area contributed by atoms with Crippen LogP contribution in [0.15, 0.2) is 18.2 Å². The van der Waals surface area contributed by atoms with Gasteiger partial charge in [0, 0.05) is 6.42 Å². The monoisotopic (exact) mass is 334 g/mol. The molecule has 0 spiro atoms. The molecule has 128 valence electrons. The normalized spacial score (nSPS) is 15.6. The maximum Gasteiger partial charge on any atom is 0.305 e. The highest BCUT2D eigenvalue weighted by Crippen LogP contribution is 2.47. The largest absolute Gasteiger partial charge is 0.469 e. The number of esters is 1. The summed E-state index contributed by atoms with van der Waals surface area (Å²) in [6, 6.07) is 6.45. The smallest absolute Gasteiger partial charge is 0.305 e. The van der Waals surface area contributed by atoms with E-state index < -0.39 is 8.32 Å². The van der Waals surface area contributed by atoms with Crippen LogP contribution in [0.3, 0.4) is 0 Å². The van der Waals surface area contributed by atoms with Crippen LogP contribution in [0, 0.1) is 0 Å². The number of hydrogen-bond donors (Lipinski definition) is 1. The van der Waals surface area contributed by atoms with Gasteiger partial charge in [-0.3, -0.25) is 4.79 Å². The van der Waals surface area contributed by atoms with Crippen molar-refractivity contribution in [3.05, 3.63) is 34.9 Å². The highest BCUT2D eigenvalue weighted by Gasteiger charge is 2.39. The number of carbonyl (C=O) groups excluding carboxylic acids is 1. The lowest BCUT2D eigenvalue weighted by Gasteiger charge is -2.36. The third kappa shape index (κ3) is 4.45. The van der Waals surface area contributed by atoms with Gasteiger partial charge in [-0.15, -0.1) is 0 Å². The SMILES string of the molecule is COC(=O)CCc1cccc(CC(C)(C)[Si](C)(C)O)c1C1CC1. The molecule has 0 aliphatic heterocycles. The van der Waals surface area contributed by atoms with Crippen LogP contribution in [0.25, 0.3) is 0 Å². The van der Waals surface area contributed by atoms with E-state index in [0.29, 0.717) is 12.3 Å². The summed E-state index contributed by atoms with van der Waals surface area (Å²) in [7, 11) is -0.797. The molecule has 23 heavy (non-hydrogen) atoms. The number of hydrogen-bond acceptors (Lipinski definition) is 3. The predicted molar refractivity (Wildman–Crippen MR) is 96.2 cm³/mol. The van der Waals surface area contributed by atoms with Crippen LogP contribution in [-0.4, -0.2) is 26.2 Å². The lowest BCUT2D eigenvalue weighted by molar-refractivity contribution is -0.140. The molecule has 3 nitrogen and oxygen atoms in total. The number of aryl methyl sites for hydroxylation is 1. The Morgan fingerprint density at radius 1 is 1.30 bits per heavy atom. The third-order valence-corrected chi connectivity index (χ3v) is 8.88. The van der Waals surface area contributed by atoms with Crippen LogP contribution in [0.4, 0.5) is 0 Å². The summed E-state index contributed by atoms with van der Waals surface area (Å²) < 4.78 is 4.78. The zero-order chi connectivity index (χ0) is 17.3. The molecule has 4 heteroatoms. The van der Waals surface area contributed by atoms with Gasteiger partial charge in [-0.05, 0) is 66.4 Å². The van der Waals surface area contributed by atoms with Crippen molar-refractivity contribution in [1.29, 1.82) is 0 Å². The lowest BCUT2D eigenvalue weighted by Crippen LogP contribution is -2.40. The second-order valence-electron chi connectivity index (χ2n) is 7.96. The standard InChI is InChI=1S/C19H30O3Si/c1-19(2,23(4,5)21)13-16-8-6-7-14(11-12-17(20)22-3)18(16)15-9-10-15/h6-8,15,21H,9-13H2,1-5H3. The average molecular weight is 335 g/mol. The second kappa shape index (κ2) is 6.77. The van der Waals surface area contributed by atoms with Gasteiger partial charge in [0.2, 0.25) is 0 Å². The van der Waals surface area contributed by atoms with E-state index >= 15 is 0 Å². The first-order chi connectivity index (χ1) is 10.7. The van der Waals surface area contributed by atoms with E-state index in [4.69, 9.17) is 4.74 Å². The fraction of sp³-hybridized carbons (Fsp3) is 0.632. The van der Waals surface area contributed by atoms with Crippen LogP contribution >= 0.6 is 0 Å². The first kappa shape index (κ1) is 18.2. The summed E-state index contributed by atoms with van der Waals surface area (Å²) in [5.74, 6) is 0.486. The van der Waals surface area contributed by atoms with E-state index in [1.807, 2.05) is 13.1 Å². The molecule has 2 rings (SSSR count). The molecule has 0 amide bonds. The Morgan fingerprint density at radius 2 is 1.91 bits per heavy atom. The van der Waals surface area contributed by atoms with Gasteiger partial charge in [-0.1, -0.05) is 32.0 Å². The first-order valence-electron chi connectivity index (χ1n) is 8.55. The fourth-order valence-corrected chi connectivity index (χ4v) is 3.59. The summed E-state index contributed by atoms with van der Waals surface area (Å²) >= 11 is 0. The minimum atomic E-state index is -2.24. The molecule has 0 atom stereocenters. The zero-order valence-electron chi connectivity index (χ0n) is 15.1. The van der Waals surface area contributed by atoms with Gasteiger partial charge in [-0.2, -0.15) is 0 Å². The molecular formula is C19H30O3Si. The van der Waals surface area contributed by atoms with Crippen LogP contribution in [0.5, 0.6) is 0 Å². The summed E-state index contributed by atoms with van der Waals surface area (Å²) in [6.07, 6.45) is 4.56. The summed E-state index contributed by atoms with van der Waals surface area (Å²) in [5.41, 5.74) is 4.07. The van der Waals surface area contributed by atoms with Gasteiger partial charge in [0.05, 0.1) is 7.11 Å². The average Bonchev–Trinajstić information content (AvgIpc) is 3.27. The molecule has 0 unspecified atom stereocenters. The molecule has 1 aliphatic carbocycles. The Bertz CT molecular complexity index is 568. The molecule has 1 aromatic carbocycles. The van der Waals surface area contributed by atoms with E-state index in [1.54, 1.807) is 0 Å². The number of rotatable bonds is 7. The van der Waals surface area contributed by atoms with Gasteiger partial charge in [-0.25, -0.2) is 0 Å². The van der Waals surface area contributed by atoms with Crippen molar-refractivity contribution in [1.82, 2.24) is 0 Å². The highest BCUT2D eigenvalue weighted by molar-refractivity contribution is 6.72. The predicted octanol–water partition coefficient (Wildman–Crippen LogP) is 4.19. The van der Waals surface area contributed by atoms with Crippen LogP contribution in [0.1, 0.15) is 55.7 Å². The van der Waals surface area contributed by atoms with Crippen molar-refractivity contribution in [3.63, 3.8) is 0 Å². The highest BCUT2D eigenvalue weighted by atomic mass is 28.4. The van der Waals surface area contributed by atoms with Gasteiger partial charge in [0.25, 0.3) is 0 Å². The molecule has 0 radical (unpaired) electrons. The molecule has 1 N–H and O–H groups in total. The minimum Gasteiger partial charge on any atom is -0.469 e. The van der Waals surface area contributed by atoms with Gasteiger partial charge in [0.1, 0.15) is 0 Å². The first-order valence-corrected chi connectivity index (χ1v) is 11.5. The van der Waals surface area contributed by atoms with Crippen molar-refractivity contribution in [2.24, 2.45) is 0 Å². The summed E-state index contributed by atoms with van der Waals surface area (Å²) in [4.78, 5) is 22.1. The van der Waals surface area contributed by atoms with Gasteiger partial charge in [0.15, 0.2) is 8.32 Å². The Hall–Kier alpha value is -1.13. The number of methoxy groups -OCH3 is 1. The minimum absolute atomic E-state index is 0.0718. The number of benzene rings is 1. The number of ether oxygens (including phenoxy) is 1. The van der Waals surface area contributed by atoms with Crippen molar-refractivity contribution < 1.29 is 14.3 Å². The van der Waals surface area contributed by atoms with E-state index in [2.05, 4.69) is 32.0 Å². The van der Waals surface area contributed by atoms with E-state index in [9.17, 15) is 9.59 Å². The van der Waals surface area contributed by atoms with Crippen molar-refractivity contribution in [2.75, 3.05) is 7.11 Å². The lowest BCUT2D eigenvalue weighted by atomic mass is 9.89. The molecule has 0 saturated heterocycles. The molecule has 1 aromatic rings. The Morgan fingerprint density at radius 3 is 2.43 bits per heavy atom. The Balaban J connectivity index is 2.28. The molecule has 1 aliphatic rings. The van der Waals surface area contributed by atoms with Crippen molar-refractivity contribution >= 4 is 14.3 Å². The fourth-order valence-electron chi connectivity index (χ4n) is 2.97. The molecule has 1 fully saturated rings. The Labute approximate surface area is 141 Å². The maximum absolute atomic E-state index is 11.5. The molecule has 1 saturated carbocycles. The van der Waals surface area contributed by atoms with Crippen molar-refractivity contribution in [2.45, 2.75) is 70.0 Å². The summed E-state index contributed by atoms with van der Waals surface area (Å²) in [6.45, 7) is 8.39. The van der Waals surface area contributed by atoms with Gasteiger partial charge >= 0.3 is 5.97 Å². The van der Waals surface area contributed by atoms with Crippen molar-refractivity contribution in [3.8, 4) is 0 Å². The summed E-state index contributed by atoms with van der Waals surface area (Å²) in [5, 5.41) is -0.0718. The van der Waals surface area contributed by atoms with E-state index in [1.165, 1.54) is 36.6 Å². The molecule has 0 aromatic heterocycles. The van der Waals surface area contributed by atoms with E-state index in [-0.39, 0.29) is 11.0 Å². The third-order valence-electron chi connectivity index (χ3n) is 5.39. The quantitative estimate of drug-likeness (QED) is 0.601. The molecular weight excluding hydrogens is 304 g/mol. The topological polar surface area (TPSA) is 46.5 Å². The Kier molecular flexibility index (Phi) is 5.36. The molecule has 0 bridgehead atoms. The van der Waals surface area contributed by atoms with Crippen LogP contribution in [-0.2, 0) is 22.4 Å². The molecule has 0 heterocycles. The van der Waals surface area contributed by atoms with Crippen LogP contribution in [0.2, 0.25) is 18.1 Å². The number of carbonyl (C=O) groups is 1. The van der Waals surface area contributed by atoms with Crippen LogP contribution < -0.4 is 0 Å². The van der Waals surface area contributed by atoms with Gasteiger partial charge < -0.3 is 9.53 Å². The second-order valence-corrected chi connectivity index (χ2v) is 12.4. The zero-order valence-corrected chi connectivity index (χ0v) is 16.1.